The van der Waals surface area contributed by atoms with Gasteiger partial charge in [0, 0.05) is 19.1 Å². The largest absolute Gasteiger partial charge is 0.393 e. The fraction of sp³-hybridized carbons (Fsp3) is 0.818. The Balaban J connectivity index is 4.59. The summed E-state index contributed by atoms with van der Waals surface area (Å²) < 4.78 is 0. The molecule has 0 fully saturated rings. The van der Waals surface area contributed by atoms with Gasteiger partial charge in [0.15, 0.2) is 0 Å². The summed E-state index contributed by atoms with van der Waals surface area (Å²) in [6, 6.07) is 0.171. The molecule has 0 saturated heterocycles. The Hall–Kier alpha value is -0.680. The smallest absolute Gasteiger partial charge is 0.232 e. The molecule has 2 N–H and O–H groups in total. The summed E-state index contributed by atoms with van der Waals surface area (Å²) >= 11 is 4.86. The molecule has 0 aromatic heterocycles. The highest BCUT2D eigenvalue weighted by molar-refractivity contribution is 7.80. The first kappa shape index (κ1) is 15.3. The van der Waals surface area contributed by atoms with Crippen LogP contribution in [0, 0.1) is 5.92 Å². The van der Waals surface area contributed by atoms with E-state index >= 15 is 0 Å². The lowest BCUT2D eigenvalue weighted by Crippen LogP contribution is -2.47. The van der Waals surface area contributed by atoms with Gasteiger partial charge in [-0.25, -0.2) is 0 Å². The third-order valence-electron chi connectivity index (χ3n) is 2.58. The van der Waals surface area contributed by atoms with Gasteiger partial charge >= 0.3 is 0 Å². The fourth-order valence-corrected chi connectivity index (χ4v) is 1.78. The first-order valence-electron chi connectivity index (χ1n) is 5.55. The quantitative estimate of drug-likeness (QED) is 0.700. The van der Waals surface area contributed by atoms with Crippen LogP contribution >= 0.6 is 12.2 Å². The van der Waals surface area contributed by atoms with Gasteiger partial charge in [-0.2, -0.15) is 0 Å². The molecule has 0 heterocycles. The second-order valence-electron chi connectivity index (χ2n) is 4.36. The fourth-order valence-electron chi connectivity index (χ4n) is 1.68. The van der Waals surface area contributed by atoms with Crippen molar-refractivity contribution in [2.45, 2.75) is 26.8 Å². The van der Waals surface area contributed by atoms with E-state index in [2.05, 4.69) is 4.90 Å². The van der Waals surface area contributed by atoms with Gasteiger partial charge in [-0.05, 0) is 34.9 Å². The molecule has 0 aliphatic rings. The van der Waals surface area contributed by atoms with Crippen molar-refractivity contribution in [2.24, 2.45) is 11.7 Å². The van der Waals surface area contributed by atoms with Crippen LogP contribution in [-0.4, -0.2) is 53.9 Å². The zero-order valence-electron chi connectivity index (χ0n) is 10.9. The average molecular weight is 245 g/mol. The Morgan fingerprint density at radius 3 is 2.19 bits per heavy atom. The molecule has 0 aliphatic carbocycles. The Morgan fingerprint density at radius 2 is 1.88 bits per heavy atom. The van der Waals surface area contributed by atoms with E-state index in [1.807, 2.05) is 32.8 Å². The lowest BCUT2D eigenvalue weighted by Gasteiger charge is -2.32. The normalized spacial score (nSPS) is 14.6. The monoisotopic (exact) mass is 245 g/mol. The molecule has 0 rings (SSSR count). The Kier molecular flexibility index (Phi) is 6.52. The van der Waals surface area contributed by atoms with Crippen LogP contribution in [0.4, 0.5) is 0 Å². The maximum atomic E-state index is 12.1. The highest BCUT2D eigenvalue weighted by Crippen LogP contribution is 2.08. The number of hydrogen-bond donors (Lipinski definition) is 1. The molecule has 1 amide bonds. The second-order valence-corrected chi connectivity index (χ2v) is 4.83. The van der Waals surface area contributed by atoms with E-state index in [9.17, 15) is 4.79 Å². The molecule has 0 aromatic rings. The molecule has 0 aromatic carbocycles. The molecule has 94 valence electrons. The summed E-state index contributed by atoms with van der Waals surface area (Å²) in [5.41, 5.74) is 5.50. The lowest BCUT2D eigenvalue weighted by molar-refractivity contribution is -0.134. The van der Waals surface area contributed by atoms with Crippen molar-refractivity contribution < 1.29 is 4.79 Å². The summed E-state index contributed by atoms with van der Waals surface area (Å²) in [7, 11) is 3.98. The average Bonchev–Trinajstić information content (AvgIpc) is 2.16. The standard InChI is InChI=1S/C11H23N3OS/c1-6-14(8(2)7-13(4)5)11(15)9(3)10(12)16/h8-9H,6-7H2,1-5H3,(H2,12,16). The van der Waals surface area contributed by atoms with Crippen LogP contribution in [0.5, 0.6) is 0 Å². The van der Waals surface area contributed by atoms with Gasteiger partial charge in [0.25, 0.3) is 0 Å². The van der Waals surface area contributed by atoms with E-state index in [1.54, 1.807) is 6.92 Å². The lowest BCUT2D eigenvalue weighted by atomic mass is 10.1. The maximum absolute atomic E-state index is 12.1. The summed E-state index contributed by atoms with van der Waals surface area (Å²) in [5, 5.41) is 0. The Morgan fingerprint density at radius 1 is 1.38 bits per heavy atom. The first-order valence-corrected chi connectivity index (χ1v) is 5.96. The van der Waals surface area contributed by atoms with Crippen LogP contribution in [0.15, 0.2) is 0 Å². The van der Waals surface area contributed by atoms with Crippen molar-refractivity contribution in [1.29, 1.82) is 0 Å². The van der Waals surface area contributed by atoms with Crippen LogP contribution in [0.1, 0.15) is 20.8 Å². The molecule has 0 radical (unpaired) electrons. The molecule has 0 aliphatic heterocycles. The van der Waals surface area contributed by atoms with Gasteiger partial charge in [-0.1, -0.05) is 12.2 Å². The van der Waals surface area contributed by atoms with Crippen molar-refractivity contribution in [3.8, 4) is 0 Å². The van der Waals surface area contributed by atoms with Gasteiger partial charge in [0.2, 0.25) is 5.91 Å². The molecule has 16 heavy (non-hydrogen) atoms. The SMILES string of the molecule is CCN(C(=O)C(C)C(N)=S)C(C)CN(C)C. The van der Waals surface area contributed by atoms with Crippen molar-refractivity contribution in [2.75, 3.05) is 27.2 Å². The van der Waals surface area contributed by atoms with Crippen molar-refractivity contribution in [3.05, 3.63) is 0 Å². The minimum absolute atomic E-state index is 0.0179. The van der Waals surface area contributed by atoms with E-state index in [-0.39, 0.29) is 22.9 Å². The minimum atomic E-state index is -0.375. The van der Waals surface area contributed by atoms with E-state index in [0.717, 1.165) is 6.54 Å². The molecule has 0 bridgehead atoms. The van der Waals surface area contributed by atoms with E-state index in [0.29, 0.717) is 6.54 Å². The van der Waals surface area contributed by atoms with Crippen molar-refractivity contribution in [1.82, 2.24) is 9.80 Å². The topological polar surface area (TPSA) is 49.6 Å². The van der Waals surface area contributed by atoms with Gasteiger partial charge < -0.3 is 15.5 Å². The number of nitrogens with two attached hydrogens (primary N) is 1. The number of hydrogen-bond acceptors (Lipinski definition) is 3. The summed E-state index contributed by atoms with van der Waals surface area (Å²) in [6.07, 6.45) is 0. The summed E-state index contributed by atoms with van der Waals surface area (Å²) in [4.78, 5) is 16.2. The number of rotatable bonds is 6. The second kappa shape index (κ2) is 6.81. The molecule has 0 spiro atoms. The molecule has 5 heteroatoms. The number of amides is 1. The first-order chi connectivity index (χ1) is 7.31. The zero-order valence-corrected chi connectivity index (χ0v) is 11.7. The van der Waals surface area contributed by atoms with E-state index in [1.165, 1.54) is 0 Å². The predicted octanol–water partition coefficient (Wildman–Crippen LogP) is 0.707. The highest BCUT2D eigenvalue weighted by atomic mass is 32.1. The van der Waals surface area contributed by atoms with Crippen LogP contribution in [0.25, 0.3) is 0 Å². The summed E-state index contributed by atoms with van der Waals surface area (Å²) in [6.45, 7) is 7.28. The third-order valence-corrected chi connectivity index (χ3v) is 2.94. The number of carbonyl (C=O) groups excluding carboxylic acids is 1. The zero-order chi connectivity index (χ0) is 12.9. The highest BCUT2D eigenvalue weighted by Gasteiger charge is 2.25. The van der Waals surface area contributed by atoms with E-state index < -0.39 is 0 Å². The maximum Gasteiger partial charge on any atom is 0.232 e. The van der Waals surface area contributed by atoms with Crippen LogP contribution in [0.2, 0.25) is 0 Å². The molecular weight excluding hydrogens is 222 g/mol. The molecule has 2 atom stereocenters. The summed E-state index contributed by atoms with van der Waals surface area (Å²) in [5.74, 6) is -0.357. The van der Waals surface area contributed by atoms with Crippen molar-refractivity contribution in [3.63, 3.8) is 0 Å². The number of likely N-dealkylation sites (N-methyl/N-ethyl adjacent to an activating group) is 2. The number of nitrogens with zero attached hydrogens (tertiary/aromatic N) is 2. The van der Waals surface area contributed by atoms with Crippen LogP contribution in [-0.2, 0) is 4.79 Å². The Bertz CT molecular complexity index is 256. The van der Waals surface area contributed by atoms with Gasteiger partial charge in [-0.3, -0.25) is 4.79 Å². The van der Waals surface area contributed by atoms with Crippen molar-refractivity contribution >= 4 is 23.1 Å². The van der Waals surface area contributed by atoms with Crippen LogP contribution in [0.3, 0.4) is 0 Å². The molecule has 0 saturated carbocycles. The minimum Gasteiger partial charge on any atom is -0.393 e. The number of thiocarbonyl (C=S) groups is 1. The van der Waals surface area contributed by atoms with Crippen LogP contribution < -0.4 is 5.73 Å². The van der Waals surface area contributed by atoms with Gasteiger partial charge in [0.1, 0.15) is 0 Å². The third kappa shape index (κ3) is 4.45. The molecule has 4 nitrogen and oxygen atoms in total. The van der Waals surface area contributed by atoms with Gasteiger partial charge in [-0.15, -0.1) is 0 Å². The predicted molar refractivity (Wildman–Crippen MR) is 71.4 cm³/mol. The number of carbonyl (C=O) groups is 1. The molecule has 2 unspecified atom stereocenters. The Labute approximate surface area is 104 Å². The van der Waals surface area contributed by atoms with Gasteiger partial charge in [0.05, 0.1) is 10.9 Å². The molecular formula is C11H23N3OS. The van der Waals surface area contributed by atoms with E-state index in [4.69, 9.17) is 18.0 Å².